The van der Waals surface area contributed by atoms with Crippen molar-refractivity contribution in [3.63, 3.8) is 0 Å². The monoisotopic (exact) mass is 482 g/mol. The smallest absolute Gasteiger partial charge is 0.338 e. The minimum atomic E-state index is -0.727. The van der Waals surface area contributed by atoms with Gasteiger partial charge in [-0.2, -0.15) is 0 Å². The standard InChI is InChI=1S/C25H20Cl2N2O4/c1-32-24(30)21-22(16-6-3-2-4-7-16)28-25(31)29-23(21)17-8-5-9-18(13-17)33-14-15-10-11-19(26)20(27)12-15/h2-13,23H,14H2,1H3,(H2,28,29,31). The number of benzene rings is 3. The molecule has 3 aromatic rings. The first-order chi connectivity index (χ1) is 16.0. The van der Waals surface area contributed by atoms with Crippen molar-refractivity contribution in [3.8, 4) is 5.75 Å². The maximum Gasteiger partial charge on any atom is 0.338 e. The van der Waals surface area contributed by atoms with E-state index in [1.807, 2.05) is 42.5 Å². The molecule has 1 atom stereocenters. The topological polar surface area (TPSA) is 76.7 Å². The minimum Gasteiger partial charge on any atom is -0.489 e. The van der Waals surface area contributed by atoms with Crippen LogP contribution in [0.25, 0.3) is 5.70 Å². The predicted octanol–water partition coefficient (Wildman–Crippen LogP) is 5.51. The van der Waals surface area contributed by atoms with Crippen LogP contribution < -0.4 is 15.4 Å². The van der Waals surface area contributed by atoms with Crippen LogP contribution in [-0.4, -0.2) is 19.1 Å². The molecular weight excluding hydrogens is 463 g/mol. The van der Waals surface area contributed by atoms with Gasteiger partial charge in [0.15, 0.2) is 0 Å². The Balaban J connectivity index is 1.67. The van der Waals surface area contributed by atoms with Crippen molar-refractivity contribution in [1.29, 1.82) is 0 Å². The van der Waals surface area contributed by atoms with Crippen molar-refractivity contribution < 1.29 is 19.1 Å². The quantitative estimate of drug-likeness (QED) is 0.454. The van der Waals surface area contributed by atoms with Crippen LogP contribution >= 0.6 is 23.2 Å². The summed E-state index contributed by atoms with van der Waals surface area (Å²) in [6.07, 6.45) is 0. The molecule has 33 heavy (non-hydrogen) atoms. The van der Waals surface area contributed by atoms with E-state index in [0.29, 0.717) is 38.2 Å². The van der Waals surface area contributed by atoms with Crippen LogP contribution in [0.1, 0.15) is 22.7 Å². The third-order valence-electron chi connectivity index (χ3n) is 5.12. The Morgan fingerprint density at radius 3 is 2.48 bits per heavy atom. The predicted molar refractivity (Wildman–Crippen MR) is 127 cm³/mol. The fourth-order valence-corrected chi connectivity index (χ4v) is 3.88. The SMILES string of the molecule is COC(=O)C1=C(c2ccccc2)NC(=O)NC1c1cccc(OCc2ccc(Cl)c(Cl)c2)c1. The zero-order valence-corrected chi connectivity index (χ0v) is 19.1. The number of carbonyl (C=O) groups is 2. The minimum absolute atomic E-state index is 0.272. The molecular formula is C25H20Cl2N2O4. The first kappa shape index (κ1) is 22.7. The lowest BCUT2D eigenvalue weighted by molar-refractivity contribution is -0.136. The number of rotatable bonds is 6. The summed E-state index contributed by atoms with van der Waals surface area (Å²) in [5, 5.41) is 6.48. The van der Waals surface area contributed by atoms with Crippen molar-refractivity contribution in [2.24, 2.45) is 0 Å². The van der Waals surface area contributed by atoms with Crippen LogP contribution in [0.15, 0.2) is 78.4 Å². The van der Waals surface area contributed by atoms with E-state index in [4.69, 9.17) is 32.7 Å². The summed E-state index contributed by atoms with van der Waals surface area (Å²) in [6, 6.07) is 20.5. The Morgan fingerprint density at radius 1 is 0.970 bits per heavy atom. The Hall–Kier alpha value is -3.48. The van der Waals surface area contributed by atoms with E-state index in [2.05, 4.69) is 10.6 Å². The van der Waals surface area contributed by atoms with Gasteiger partial charge in [0, 0.05) is 0 Å². The highest BCUT2D eigenvalue weighted by atomic mass is 35.5. The van der Waals surface area contributed by atoms with Crippen molar-refractivity contribution in [2.75, 3.05) is 7.11 Å². The third-order valence-corrected chi connectivity index (χ3v) is 5.86. The molecule has 1 aliphatic rings. The zero-order valence-electron chi connectivity index (χ0n) is 17.6. The molecule has 4 rings (SSSR count). The number of ether oxygens (including phenoxy) is 2. The Labute approximate surface area is 201 Å². The van der Waals surface area contributed by atoms with E-state index >= 15 is 0 Å². The molecule has 1 heterocycles. The van der Waals surface area contributed by atoms with Crippen LogP contribution in [0.4, 0.5) is 4.79 Å². The first-order valence-corrected chi connectivity index (χ1v) is 10.8. The summed E-state index contributed by atoms with van der Waals surface area (Å²) in [4.78, 5) is 25.2. The fourth-order valence-electron chi connectivity index (χ4n) is 3.56. The molecule has 0 saturated heterocycles. The largest absolute Gasteiger partial charge is 0.489 e. The van der Waals surface area contributed by atoms with Crippen molar-refractivity contribution in [2.45, 2.75) is 12.6 Å². The number of hydrogen-bond donors (Lipinski definition) is 2. The third kappa shape index (κ3) is 5.13. The Kier molecular flexibility index (Phi) is 6.87. The van der Waals surface area contributed by atoms with Crippen LogP contribution in [0.5, 0.6) is 5.75 Å². The van der Waals surface area contributed by atoms with Crippen molar-refractivity contribution in [1.82, 2.24) is 10.6 Å². The summed E-state index contributed by atoms with van der Waals surface area (Å²) in [7, 11) is 1.31. The maximum absolute atomic E-state index is 12.8. The van der Waals surface area contributed by atoms with Gasteiger partial charge in [-0.15, -0.1) is 0 Å². The van der Waals surface area contributed by atoms with Gasteiger partial charge in [-0.1, -0.05) is 71.7 Å². The molecule has 1 aliphatic heterocycles. The van der Waals surface area contributed by atoms with Crippen LogP contribution in [0.2, 0.25) is 10.0 Å². The van der Waals surface area contributed by atoms with E-state index < -0.39 is 18.0 Å². The van der Waals surface area contributed by atoms with E-state index in [9.17, 15) is 9.59 Å². The van der Waals surface area contributed by atoms with Gasteiger partial charge in [-0.25, -0.2) is 9.59 Å². The maximum atomic E-state index is 12.8. The second-order valence-electron chi connectivity index (χ2n) is 7.29. The molecule has 2 N–H and O–H groups in total. The number of amides is 2. The van der Waals surface area contributed by atoms with Gasteiger partial charge in [0.1, 0.15) is 12.4 Å². The molecule has 3 aromatic carbocycles. The number of hydrogen-bond acceptors (Lipinski definition) is 4. The van der Waals surface area contributed by atoms with Crippen LogP contribution in [0, 0.1) is 0 Å². The molecule has 168 valence electrons. The molecule has 0 fully saturated rings. The molecule has 0 aromatic heterocycles. The number of nitrogens with one attached hydrogen (secondary N) is 2. The Bertz CT molecular complexity index is 1230. The van der Waals surface area contributed by atoms with E-state index in [1.54, 1.807) is 30.3 Å². The number of esters is 1. The molecule has 0 bridgehead atoms. The number of urea groups is 1. The highest BCUT2D eigenvalue weighted by Gasteiger charge is 2.34. The lowest BCUT2D eigenvalue weighted by Crippen LogP contribution is -2.45. The molecule has 8 heteroatoms. The lowest BCUT2D eigenvalue weighted by atomic mass is 9.92. The van der Waals surface area contributed by atoms with Crippen LogP contribution in [0.3, 0.4) is 0 Å². The Morgan fingerprint density at radius 2 is 1.76 bits per heavy atom. The first-order valence-electron chi connectivity index (χ1n) is 10.1. The van der Waals surface area contributed by atoms with Gasteiger partial charge < -0.3 is 20.1 Å². The van der Waals surface area contributed by atoms with Crippen molar-refractivity contribution in [3.05, 3.63) is 105 Å². The van der Waals surface area contributed by atoms with Gasteiger partial charge in [0.2, 0.25) is 0 Å². The van der Waals surface area contributed by atoms with Gasteiger partial charge in [0.05, 0.1) is 34.5 Å². The molecule has 0 radical (unpaired) electrons. The zero-order chi connectivity index (χ0) is 23.4. The highest BCUT2D eigenvalue weighted by Crippen LogP contribution is 2.33. The number of halogens is 2. The average molecular weight is 483 g/mol. The fraction of sp³-hybridized carbons (Fsp3) is 0.120. The van der Waals surface area contributed by atoms with E-state index in [1.165, 1.54) is 7.11 Å². The normalized spacial score (nSPS) is 15.5. The highest BCUT2D eigenvalue weighted by molar-refractivity contribution is 6.42. The summed E-state index contributed by atoms with van der Waals surface area (Å²) in [6.45, 7) is 0.272. The summed E-state index contributed by atoms with van der Waals surface area (Å²) >= 11 is 12.0. The van der Waals surface area contributed by atoms with Gasteiger partial charge >= 0.3 is 12.0 Å². The number of methoxy groups -OCH3 is 1. The molecule has 6 nitrogen and oxygen atoms in total. The molecule has 1 unspecified atom stereocenters. The summed E-state index contributed by atoms with van der Waals surface area (Å²) < 4.78 is 11.0. The van der Waals surface area contributed by atoms with Gasteiger partial charge in [-0.05, 0) is 41.0 Å². The summed E-state index contributed by atoms with van der Waals surface area (Å²) in [5.41, 5.74) is 2.92. The van der Waals surface area contributed by atoms with Crippen LogP contribution in [-0.2, 0) is 16.1 Å². The summed E-state index contributed by atoms with van der Waals surface area (Å²) in [5.74, 6) is 0.0188. The second-order valence-corrected chi connectivity index (χ2v) is 8.10. The number of carbonyl (C=O) groups excluding carboxylic acids is 2. The van der Waals surface area contributed by atoms with E-state index in [0.717, 1.165) is 5.56 Å². The van der Waals surface area contributed by atoms with Gasteiger partial charge in [0.25, 0.3) is 0 Å². The van der Waals surface area contributed by atoms with E-state index in [-0.39, 0.29) is 6.61 Å². The lowest BCUT2D eigenvalue weighted by Gasteiger charge is -2.29. The molecule has 2 amide bonds. The molecule has 0 spiro atoms. The van der Waals surface area contributed by atoms with Crippen molar-refractivity contribution >= 4 is 40.9 Å². The van der Waals surface area contributed by atoms with Gasteiger partial charge in [-0.3, -0.25) is 0 Å². The molecule has 0 aliphatic carbocycles. The second kappa shape index (κ2) is 9.98. The average Bonchev–Trinajstić information content (AvgIpc) is 2.84. The molecule has 0 saturated carbocycles.